The average molecular weight is 261 g/mol. The monoisotopic (exact) mass is 261 g/mol. The van der Waals surface area contributed by atoms with Crippen LogP contribution >= 0.6 is 0 Å². The van der Waals surface area contributed by atoms with E-state index in [1.807, 2.05) is 37.3 Å². The van der Waals surface area contributed by atoms with Crippen LogP contribution in [0.1, 0.15) is 39.2 Å². The van der Waals surface area contributed by atoms with Crippen LogP contribution < -0.4 is 10.1 Å². The molecule has 3 heteroatoms. The molecule has 0 aromatic heterocycles. The minimum atomic E-state index is -0.0393. The highest BCUT2D eigenvalue weighted by molar-refractivity contribution is 5.91. The first-order chi connectivity index (χ1) is 9.19. The zero-order valence-corrected chi connectivity index (χ0v) is 12.0. The van der Waals surface area contributed by atoms with Crippen LogP contribution in [0, 0.1) is 0 Å². The Bertz CT molecular complexity index is 405. The lowest BCUT2D eigenvalue weighted by atomic mass is 10.1. The van der Waals surface area contributed by atoms with Crippen molar-refractivity contribution in [2.75, 3.05) is 6.61 Å². The Balaban J connectivity index is 2.53. The van der Waals surface area contributed by atoms with Gasteiger partial charge in [0.15, 0.2) is 0 Å². The molecule has 1 aromatic carbocycles. The van der Waals surface area contributed by atoms with E-state index in [1.165, 1.54) is 0 Å². The van der Waals surface area contributed by atoms with E-state index in [0.717, 1.165) is 24.2 Å². The summed E-state index contributed by atoms with van der Waals surface area (Å²) < 4.78 is 5.36. The lowest BCUT2D eigenvalue weighted by Crippen LogP contribution is -2.32. The van der Waals surface area contributed by atoms with Gasteiger partial charge in [-0.1, -0.05) is 26.0 Å². The fourth-order valence-corrected chi connectivity index (χ4v) is 1.76. The number of carbonyl (C=O) groups excluding carboxylic acids is 1. The van der Waals surface area contributed by atoms with E-state index >= 15 is 0 Å². The third kappa shape index (κ3) is 5.60. The summed E-state index contributed by atoms with van der Waals surface area (Å²) in [5.41, 5.74) is 0.989. The maximum Gasteiger partial charge on any atom is 0.244 e. The van der Waals surface area contributed by atoms with Crippen molar-refractivity contribution in [1.29, 1.82) is 0 Å². The predicted octanol–water partition coefficient (Wildman–Crippen LogP) is 3.40. The molecule has 0 unspecified atom stereocenters. The van der Waals surface area contributed by atoms with E-state index in [2.05, 4.69) is 19.2 Å². The molecule has 0 aliphatic heterocycles. The predicted molar refractivity (Wildman–Crippen MR) is 79.2 cm³/mol. The highest BCUT2D eigenvalue weighted by Gasteiger charge is 2.04. The van der Waals surface area contributed by atoms with Crippen LogP contribution in [0.5, 0.6) is 5.75 Å². The second-order valence-corrected chi connectivity index (χ2v) is 4.36. The summed E-state index contributed by atoms with van der Waals surface area (Å²) in [4.78, 5) is 11.7. The van der Waals surface area contributed by atoms with E-state index in [9.17, 15) is 4.79 Å². The molecule has 3 nitrogen and oxygen atoms in total. The van der Waals surface area contributed by atoms with Gasteiger partial charge in [0.2, 0.25) is 5.91 Å². The Hall–Kier alpha value is -1.77. The minimum absolute atomic E-state index is 0.0393. The highest BCUT2D eigenvalue weighted by atomic mass is 16.5. The Kier molecular flexibility index (Phi) is 6.72. The van der Waals surface area contributed by atoms with Gasteiger partial charge in [0.05, 0.1) is 6.61 Å². The maximum atomic E-state index is 11.7. The number of hydrogen-bond acceptors (Lipinski definition) is 2. The van der Waals surface area contributed by atoms with Gasteiger partial charge in [-0.25, -0.2) is 0 Å². The molecule has 1 aromatic rings. The molecule has 0 heterocycles. The third-order valence-corrected chi connectivity index (χ3v) is 2.95. The zero-order valence-electron chi connectivity index (χ0n) is 12.0. The summed E-state index contributed by atoms with van der Waals surface area (Å²) in [6, 6.07) is 7.94. The maximum absolute atomic E-state index is 11.7. The summed E-state index contributed by atoms with van der Waals surface area (Å²) >= 11 is 0. The molecular formula is C16H23NO2. The van der Waals surface area contributed by atoms with Gasteiger partial charge in [-0.2, -0.15) is 0 Å². The van der Waals surface area contributed by atoms with E-state index < -0.39 is 0 Å². The Morgan fingerprint density at radius 2 is 1.84 bits per heavy atom. The lowest BCUT2D eigenvalue weighted by Gasteiger charge is -2.12. The molecule has 0 atom stereocenters. The molecule has 1 amide bonds. The standard InChI is InChI=1S/C16H23NO2/c1-4-14(5-2)17-16(18)12-9-13-7-10-15(11-8-13)19-6-3/h7-12,14H,4-6H2,1-3H3,(H,17,18). The number of rotatable bonds is 7. The van der Waals surface area contributed by atoms with E-state index in [-0.39, 0.29) is 11.9 Å². The second-order valence-electron chi connectivity index (χ2n) is 4.36. The minimum Gasteiger partial charge on any atom is -0.494 e. The van der Waals surface area contributed by atoms with Crippen LogP contribution in [0.3, 0.4) is 0 Å². The zero-order chi connectivity index (χ0) is 14.1. The first kappa shape index (κ1) is 15.3. The molecule has 0 spiro atoms. The largest absolute Gasteiger partial charge is 0.494 e. The van der Waals surface area contributed by atoms with Gasteiger partial charge >= 0.3 is 0 Å². The van der Waals surface area contributed by atoms with E-state index in [0.29, 0.717) is 6.61 Å². The number of amides is 1. The number of benzene rings is 1. The summed E-state index contributed by atoms with van der Waals surface area (Å²) in [6.07, 6.45) is 5.31. The number of carbonyl (C=O) groups is 1. The normalized spacial score (nSPS) is 10.9. The van der Waals surface area contributed by atoms with E-state index in [1.54, 1.807) is 6.08 Å². The van der Waals surface area contributed by atoms with Crippen molar-refractivity contribution in [1.82, 2.24) is 5.32 Å². The van der Waals surface area contributed by atoms with E-state index in [4.69, 9.17) is 4.74 Å². The first-order valence-electron chi connectivity index (χ1n) is 6.91. The smallest absolute Gasteiger partial charge is 0.244 e. The second kappa shape index (κ2) is 8.35. The van der Waals surface area contributed by atoms with Crippen LogP contribution in [-0.4, -0.2) is 18.6 Å². The molecule has 19 heavy (non-hydrogen) atoms. The van der Waals surface area contributed by atoms with Crippen molar-refractivity contribution in [2.24, 2.45) is 0 Å². The Labute approximate surface area is 115 Å². The van der Waals surface area contributed by atoms with Gasteiger partial charge in [-0.05, 0) is 43.5 Å². The average Bonchev–Trinajstić information content (AvgIpc) is 2.44. The Morgan fingerprint density at radius 1 is 1.21 bits per heavy atom. The molecule has 0 radical (unpaired) electrons. The van der Waals surface area contributed by atoms with Gasteiger partial charge in [0.1, 0.15) is 5.75 Å². The van der Waals surface area contributed by atoms with Gasteiger partial charge in [0.25, 0.3) is 0 Å². The summed E-state index contributed by atoms with van der Waals surface area (Å²) in [7, 11) is 0. The third-order valence-electron chi connectivity index (χ3n) is 2.95. The van der Waals surface area contributed by atoms with Crippen molar-refractivity contribution < 1.29 is 9.53 Å². The molecule has 0 aliphatic carbocycles. The molecule has 1 N–H and O–H groups in total. The topological polar surface area (TPSA) is 38.3 Å². The fourth-order valence-electron chi connectivity index (χ4n) is 1.76. The van der Waals surface area contributed by atoms with Crippen molar-refractivity contribution in [2.45, 2.75) is 39.7 Å². The van der Waals surface area contributed by atoms with Crippen molar-refractivity contribution in [3.8, 4) is 5.75 Å². The van der Waals surface area contributed by atoms with Crippen molar-refractivity contribution in [3.05, 3.63) is 35.9 Å². The Morgan fingerprint density at radius 3 is 2.37 bits per heavy atom. The number of ether oxygens (including phenoxy) is 1. The SMILES string of the molecule is CCOc1ccc(C=CC(=O)NC(CC)CC)cc1. The molecule has 1 rings (SSSR count). The lowest BCUT2D eigenvalue weighted by molar-refractivity contribution is -0.117. The van der Waals surface area contributed by atoms with Crippen LogP contribution in [-0.2, 0) is 4.79 Å². The van der Waals surface area contributed by atoms with Gasteiger partial charge in [0, 0.05) is 12.1 Å². The molecule has 0 bridgehead atoms. The van der Waals surface area contributed by atoms with Gasteiger partial charge < -0.3 is 10.1 Å². The van der Waals surface area contributed by atoms with Crippen molar-refractivity contribution >= 4 is 12.0 Å². The molecule has 0 fully saturated rings. The van der Waals surface area contributed by atoms with Crippen LogP contribution in [0.15, 0.2) is 30.3 Å². The molecule has 0 saturated heterocycles. The molecule has 0 aliphatic rings. The van der Waals surface area contributed by atoms with Gasteiger partial charge in [-0.3, -0.25) is 4.79 Å². The number of nitrogens with one attached hydrogen (secondary N) is 1. The van der Waals surface area contributed by atoms with Crippen LogP contribution in [0.25, 0.3) is 6.08 Å². The summed E-state index contributed by atoms with van der Waals surface area (Å²) in [6.45, 7) is 6.76. The van der Waals surface area contributed by atoms with Gasteiger partial charge in [-0.15, -0.1) is 0 Å². The molecular weight excluding hydrogens is 238 g/mol. The van der Waals surface area contributed by atoms with Crippen molar-refractivity contribution in [3.63, 3.8) is 0 Å². The van der Waals surface area contributed by atoms with Crippen LogP contribution in [0.4, 0.5) is 0 Å². The fraction of sp³-hybridized carbons (Fsp3) is 0.438. The quantitative estimate of drug-likeness (QED) is 0.764. The van der Waals surface area contributed by atoms with Crippen LogP contribution in [0.2, 0.25) is 0 Å². The summed E-state index contributed by atoms with van der Waals surface area (Å²) in [5, 5.41) is 2.97. The first-order valence-corrected chi connectivity index (χ1v) is 6.91. The summed E-state index contributed by atoms with van der Waals surface area (Å²) in [5.74, 6) is 0.809. The molecule has 0 saturated carbocycles. The number of hydrogen-bond donors (Lipinski definition) is 1. The molecule has 104 valence electrons. The highest BCUT2D eigenvalue weighted by Crippen LogP contribution is 2.12.